The molecule has 0 fully saturated rings. The van der Waals surface area contributed by atoms with Crippen LogP contribution in [-0.4, -0.2) is 5.91 Å². The third-order valence-corrected chi connectivity index (χ3v) is 5.37. The largest absolute Gasteiger partial charge is 0.397 e. The molecule has 0 aliphatic heterocycles. The number of nitrogens with two attached hydrogens (primary N) is 1. The number of para-hydroxylation sites is 2. The van der Waals surface area contributed by atoms with Crippen LogP contribution >= 0.6 is 34.5 Å². The lowest BCUT2D eigenvalue weighted by Crippen LogP contribution is -2.12. The second kappa shape index (κ2) is 9.12. The molecule has 0 radical (unpaired) electrons. The van der Waals surface area contributed by atoms with Crippen molar-refractivity contribution in [3.05, 3.63) is 86.5 Å². The van der Waals surface area contributed by atoms with Crippen molar-refractivity contribution in [1.29, 1.82) is 0 Å². The van der Waals surface area contributed by atoms with E-state index < -0.39 is 0 Å². The first-order valence-corrected chi connectivity index (χ1v) is 9.78. The Bertz CT molecular complexity index is 1020. The summed E-state index contributed by atoms with van der Waals surface area (Å²) in [6.45, 7) is 4.16. The Labute approximate surface area is 176 Å². The molecule has 8 heteroatoms. The van der Waals surface area contributed by atoms with Crippen molar-refractivity contribution in [3.8, 4) is 0 Å². The monoisotopic (exact) mass is 433 g/mol. The molecular weight excluding hydrogens is 417 g/mol. The third kappa shape index (κ3) is 5.05. The number of hydrogen-bond acceptors (Lipinski definition) is 5. The van der Waals surface area contributed by atoms with Gasteiger partial charge in [0.1, 0.15) is 6.61 Å². The minimum atomic E-state index is -0.223. The van der Waals surface area contributed by atoms with Crippen LogP contribution in [0, 0.1) is 0 Å². The highest BCUT2D eigenvalue weighted by Gasteiger charge is 2.11. The van der Waals surface area contributed by atoms with Gasteiger partial charge < -0.3 is 11.1 Å². The van der Waals surface area contributed by atoms with Crippen molar-refractivity contribution < 1.29 is 9.63 Å². The molecule has 3 aromatic rings. The molecule has 0 aliphatic carbocycles. The van der Waals surface area contributed by atoms with E-state index in [4.69, 9.17) is 33.8 Å². The zero-order valence-electron chi connectivity index (χ0n) is 14.7. The summed E-state index contributed by atoms with van der Waals surface area (Å²) >= 11 is 13.4. The maximum Gasteiger partial charge on any atom is 0.265 e. The molecule has 1 amide bonds. The second-order valence-corrected chi connectivity index (χ2v) is 7.81. The van der Waals surface area contributed by atoms with Gasteiger partial charge in [0.05, 0.1) is 27.0 Å². The van der Waals surface area contributed by atoms with Gasteiger partial charge in [-0.05, 0) is 42.5 Å². The van der Waals surface area contributed by atoms with Gasteiger partial charge in [0, 0.05) is 15.5 Å². The molecule has 1 heterocycles. The van der Waals surface area contributed by atoms with Crippen LogP contribution in [0.1, 0.15) is 20.1 Å². The number of nitrogen functional groups attached to an aromatic ring is 1. The Balaban J connectivity index is 1.54. The van der Waals surface area contributed by atoms with Crippen LogP contribution in [0.3, 0.4) is 0 Å². The van der Waals surface area contributed by atoms with E-state index in [2.05, 4.69) is 17.4 Å². The molecule has 0 unspecified atom stereocenters. The normalized spacial score (nSPS) is 10.5. The number of halogens is 2. The molecule has 0 saturated carbocycles. The predicted octanol–water partition coefficient (Wildman–Crippen LogP) is 5.58. The topological polar surface area (TPSA) is 76.4 Å². The SMILES string of the molecule is C=C(NOCc1ccc(C(=O)Nc2ccccc2N)s1)c1ccc(Cl)cc1Cl. The number of carbonyl (C=O) groups excluding carboxylic acids is 1. The van der Waals surface area contributed by atoms with Crippen LogP contribution in [0.5, 0.6) is 0 Å². The van der Waals surface area contributed by atoms with E-state index in [0.717, 1.165) is 4.88 Å². The van der Waals surface area contributed by atoms with Gasteiger partial charge in [-0.15, -0.1) is 11.3 Å². The minimum Gasteiger partial charge on any atom is -0.397 e. The zero-order chi connectivity index (χ0) is 20.1. The molecule has 0 saturated heterocycles. The van der Waals surface area contributed by atoms with Crippen LogP contribution in [0.2, 0.25) is 10.0 Å². The van der Waals surface area contributed by atoms with Crippen LogP contribution in [0.15, 0.2) is 61.2 Å². The summed E-state index contributed by atoms with van der Waals surface area (Å²) in [6.07, 6.45) is 0. The van der Waals surface area contributed by atoms with Gasteiger partial charge in [0.2, 0.25) is 0 Å². The lowest BCUT2D eigenvalue weighted by atomic mass is 10.2. The van der Waals surface area contributed by atoms with Gasteiger partial charge in [-0.3, -0.25) is 15.1 Å². The van der Waals surface area contributed by atoms with Crippen molar-refractivity contribution in [2.45, 2.75) is 6.61 Å². The molecule has 28 heavy (non-hydrogen) atoms. The first-order valence-electron chi connectivity index (χ1n) is 8.20. The number of nitrogens with one attached hydrogen (secondary N) is 2. The van der Waals surface area contributed by atoms with Crippen LogP contribution in [0.4, 0.5) is 11.4 Å². The van der Waals surface area contributed by atoms with Crippen molar-refractivity contribution in [2.75, 3.05) is 11.1 Å². The van der Waals surface area contributed by atoms with E-state index in [1.54, 1.807) is 36.4 Å². The summed E-state index contributed by atoms with van der Waals surface area (Å²) in [7, 11) is 0. The highest BCUT2D eigenvalue weighted by molar-refractivity contribution is 7.14. The Kier molecular flexibility index (Phi) is 6.59. The van der Waals surface area contributed by atoms with Crippen LogP contribution in [0.25, 0.3) is 5.70 Å². The van der Waals surface area contributed by atoms with Crippen molar-refractivity contribution >= 4 is 57.5 Å². The summed E-state index contributed by atoms with van der Waals surface area (Å²) in [4.78, 5) is 19.3. The van der Waals surface area contributed by atoms with E-state index in [0.29, 0.717) is 37.6 Å². The summed E-state index contributed by atoms with van der Waals surface area (Å²) in [5.74, 6) is -0.223. The molecule has 0 spiro atoms. The smallest absolute Gasteiger partial charge is 0.265 e. The zero-order valence-corrected chi connectivity index (χ0v) is 17.0. The molecular formula is C20H17Cl2N3O2S. The summed E-state index contributed by atoms with van der Waals surface area (Å²) in [6, 6.07) is 15.8. The third-order valence-electron chi connectivity index (χ3n) is 3.76. The lowest BCUT2D eigenvalue weighted by Gasteiger charge is -2.11. The van der Waals surface area contributed by atoms with Crippen molar-refractivity contribution in [1.82, 2.24) is 5.48 Å². The fourth-order valence-corrected chi connectivity index (χ4v) is 3.69. The molecule has 144 valence electrons. The average molecular weight is 434 g/mol. The number of hydroxylamine groups is 1. The van der Waals surface area contributed by atoms with Crippen LogP contribution in [-0.2, 0) is 11.4 Å². The predicted molar refractivity (Wildman–Crippen MR) is 117 cm³/mol. The van der Waals surface area contributed by atoms with E-state index in [1.165, 1.54) is 11.3 Å². The van der Waals surface area contributed by atoms with E-state index in [1.807, 2.05) is 18.2 Å². The number of carbonyl (C=O) groups is 1. The quantitative estimate of drug-likeness (QED) is 0.335. The molecule has 3 rings (SSSR count). The number of amides is 1. The second-order valence-electron chi connectivity index (χ2n) is 5.80. The lowest BCUT2D eigenvalue weighted by molar-refractivity contribution is 0.0666. The van der Waals surface area contributed by atoms with E-state index >= 15 is 0 Å². The Hall–Kier alpha value is -2.51. The average Bonchev–Trinajstić information content (AvgIpc) is 3.12. The number of benzene rings is 2. The summed E-state index contributed by atoms with van der Waals surface area (Å²) in [5.41, 5.74) is 10.9. The van der Waals surface area contributed by atoms with Gasteiger partial charge in [-0.2, -0.15) is 0 Å². The Morgan fingerprint density at radius 3 is 2.68 bits per heavy atom. The number of rotatable bonds is 7. The Morgan fingerprint density at radius 2 is 1.93 bits per heavy atom. The van der Waals surface area contributed by atoms with E-state index in [-0.39, 0.29) is 12.5 Å². The standard InChI is InChI=1S/C20H17Cl2N3O2S/c1-12(15-8-6-13(21)10-16(15)22)25-27-11-14-7-9-19(28-14)20(26)24-18-5-3-2-4-17(18)23/h2-10,25H,1,11,23H2,(H,24,26). The molecule has 2 aromatic carbocycles. The molecule has 5 nitrogen and oxygen atoms in total. The molecule has 0 aliphatic rings. The van der Waals surface area contributed by atoms with Gasteiger partial charge in [0.15, 0.2) is 0 Å². The molecule has 1 aromatic heterocycles. The van der Waals surface area contributed by atoms with Gasteiger partial charge in [-0.1, -0.05) is 41.9 Å². The number of anilines is 2. The van der Waals surface area contributed by atoms with Crippen molar-refractivity contribution in [3.63, 3.8) is 0 Å². The fraction of sp³-hybridized carbons (Fsp3) is 0.0500. The summed E-state index contributed by atoms with van der Waals surface area (Å²) in [5, 5.41) is 3.82. The Morgan fingerprint density at radius 1 is 1.14 bits per heavy atom. The maximum absolute atomic E-state index is 12.4. The fourth-order valence-electron chi connectivity index (χ4n) is 2.36. The van der Waals surface area contributed by atoms with Gasteiger partial charge >= 0.3 is 0 Å². The molecule has 0 atom stereocenters. The number of hydrogen-bond donors (Lipinski definition) is 3. The number of thiophene rings is 1. The van der Waals surface area contributed by atoms with E-state index in [9.17, 15) is 4.79 Å². The highest BCUT2D eigenvalue weighted by Crippen LogP contribution is 2.25. The van der Waals surface area contributed by atoms with Crippen LogP contribution < -0.4 is 16.5 Å². The first kappa shape index (κ1) is 20.2. The first-order chi connectivity index (χ1) is 13.4. The maximum atomic E-state index is 12.4. The van der Waals surface area contributed by atoms with Crippen molar-refractivity contribution in [2.24, 2.45) is 0 Å². The summed E-state index contributed by atoms with van der Waals surface area (Å²) < 4.78 is 0. The molecule has 4 N–H and O–H groups in total. The highest BCUT2D eigenvalue weighted by atomic mass is 35.5. The molecule has 0 bridgehead atoms. The van der Waals surface area contributed by atoms with Gasteiger partial charge in [-0.25, -0.2) is 0 Å². The minimum absolute atomic E-state index is 0.223. The van der Waals surface area contributed by atoms with Gasteiger partial charge in [0.25, 0.3) is 5.91 Å².